The lowest BCUT2D eigenvalue weighted by molar-refractivity contribution is 0.0519. The number of esters is 1. The summed E-state index contributed by atoms with van der Waals surface area (Å²) in [5.74, 6) is 0.319. The normalized spacial score (nSPS) is 10.5. The third-order valence-corrected chi connectivity index (χ3v) is 4.18. The molecule has 0 amide bonds. The molecule has 0 bridgehead atoms. The van der Waals surface area contributed by atoms with Gasteiger partial charge in [-0.2, -0.15) is 5.10 Å². The molecule has 0 fully saturated rings. The highest BCUT2D eigenvalue weighted by Crippen LogP contribution is 2.26. The Morgan fingerprint density at radius 1 is 1.12 bits per heavy atom. The fourth-order valence-corrected chi connectivity index (χ4v) is 2.70. The van der Waals surface area contributed by atoms with Crippen LogP contribution in [0.15, 0.2) is 59.1 Å². The van der Waals surface area contributed by atoms with Gasteiger partial charge in [0.1, 0.15) is 5.75 Å². The summed E-state index contributed by atoms with van der Waals surface area (Å²) in [4.78, 5) is 12.1. The quantitative estimate of drug-likeness (QED) is 0.592. The maximum absolute atomic E-state index is 12.1. The predicted molar refractivity (Wildman–Crippen MR) is 99.2 cm³/mol. The first-order valence-electron chi connectivity index (χ1n) is 7.80. The Kier molecular flexibility index (Phi) is 5.19. The number of carbonyl (C=O) groups excluding carboxylic acids is 1. The Hall–Kier alpha value is -2.60. The van der Waals surface area contributed by atoms with E-state index in [1.165, 1.54) is 0 Å². The second-order valence-corrected chi connectivity index (χ2v) is 6.17. The van der Waals surface area contributed by atoms with Crippen LogP contribution in [0.4, 0.5) is 0 Å². The molecule has 3 aromatic rings. The molecule has 128 valence electrons. The van der Waals surface area contributed by atoms with Crippen molar-refractivity contribution in [3.05, 3.63) is 64.8 Å². The van der Waals surface area contributed by atoms with Gasteiger partial charge in [0.15, 0.2) is 5.69 Å². The van der Waals surface area contributed by atoms with Gasteiger partial charge < -0.3 is 9.47 Å². The van der Waals surface area contributed by atoms with E-state index in [1.54, 1.807) is 24.8 Å². The van der Waals surface area contributed by atoms with Crippen molar-refractivity contribution in [3.8, 4) is 22.7 Å². The van der Waals surface area contributed by atoms with Gasteiger partial charge >= 0.3 is 5.97 Å². The van der Waals surface area contributed by atoms with Crippen LogP contribution in [-0.4, -0.2) is 29.5 Å². The lowest BCUT2D eigenvalue weighted by atomic mass is 10.1. The molecule has 0 aliphatic rings. The fourth-order valence-electron chi connectivity index (χ4n) is 2.43. The Morgan fingerprint density at radius 3 is 2.40 bits per heavy atom. The van der Waals surface area contributed by atoms with Gasteiger partial charge in [0.05, 0.1) is 25.1 Å². The second-order valence-electron chi connectivity index (χ2n) is 5.25. The topological polar surface area (TPSA) is 53.4 Å². The van der Waals surface area contributed by atoms with Gasteiger partial charge in [-0.3, -0.25) is 0 Å². The zero-order chi connectivity index (χ0) is 17.8. The number of ether oxygens (including phenoxy) is 2. The highest BCUT2D eigenvalue weighted by Gasteiger charge is 2.17. The number of rotatable bonds is 5. The average Bonchev–Trinajstić information content (AvgIpc) is 3.08. The molecule has 25 heavy (non-hydrogen) atoms. The van der Waals surface area contributed by atoms with Crippen molar-refractivity contribution in [2.75, 3.05) is 13.7 Å². The molecule has 0 unspecified atom stereocenters. The van der Waals surface area contributed by atoms with Crippen molar-refractivity contribution in [2.24, 2.45) is 0 Å². The Morgan fingerprint density at radius 2 is 1.80 bits per heavy atom. The molecule has 6 heteroatoms. The van der Waals surface area contributed by atoms with E-state index in [-0.39, 0.29) is 5.69 Å². The van der Waals surface area contributed by atoms with Crippen molar-refractivity contribution < 1.29 is 14.3 Å². The summed E-state index contributed by atoms with van der Waals surface area (Å²) < 4.78 is 13.0. The number of nitrogens with zero attached hydrogens (tertiary/aromatic N) is 2. The minimum absolute atomic E-state index is 0.274. The molecule has 3 rings (SSSR count). The van der Waals surface area contributed by atoms with Gasteiger partial charge in [-0.05, 0) is 49.4 Å². The van der Waals surface area contributed by atoms with Crippen LogP contribution < -0.4 is 4.74 Å². The minimum Gasteiger partial charge on any atom is -0.497 e. The van der Waals surface area contributed by atoms with Crippen LogP contribution in [0.25, 0.3) is 16.9 Å². The van der Waals surface area contributed by atoms with Crippen LogP contribution in [0.2, 0.25) is 0 Å². The van der Waals surface area contributed by atoms with E-state index in [4.69, 9.17) is 9.47 Å². The third kappa shape index (κ3) is 3.74. The van der Waals surface area contributed by atoms with Crippen molar-refractivity contribution in [1.82, 2.24) is 9.78 Å². The van der Waals surface area contributed by atoms with Gasteiger partial charge in [0, 0.05) is 10.0 Å². The van der Waals surface area contributed by atoms with Crippen molar-refractivity contribution in [2.45, 2.75) is 6.92 Å². The standard InChI is InChI=1S/C19H17BrN2O3/c1-3-25-19(23)17-12-18(13-4-6-14(20)7-5-13)22(21-17)15-8-10-16(24-2)11-9-15/h4-12H,3H2,1-2H3. The molecule has 0 atom stereocenters. The highest BCUT2D eigenvalue weighted by molar-refractivity contribution is 9.10. The molecule has 2 aromatic carbocycles. The SMILES string of the molecule is CCOC(=O)c1cc(-c2ccc(Br)cc2)n(-c2ccc(OC)cc2)n1. The van der Waals surface area contributed by atoms with E-state index in [0.717, 1.165) is 27.2 Å². The van der Waals surface area contributed by atoms with Gasteiger partial charge in [-0.15, -0.1) is 0 Å². The van der Waals surface area contributed by atoms with Crippen LogP contribution in [0, 0.1) is 0 Å². The summed E-state index contributed by atoms with van der Waals surface area (Å²) in [6.07, 6.45) is 0. The summed E-state index contributed by atoms with van der Waals surface area (Å²) in [7, 11) is 1.62. The van der Waals surface area contributed by atoms with Crippen LogP contribution in [-0.2, 0) is 4.74 Å². The lowest BCUT2D eigenvalue weighted by Gasteiger charge is -2.08. The molecular weight excluding hydrogens is 384 g/mol. The van der Waals surface area contributed by atoms with Crippen LogP contribution in [0.3, 0.4) is 0 Å². The van der Waals surface area contributed by atoms with Gasteiger partial charge in [0.25, 0.3) is 0 Å². The van der Waals surface area contributed by atoms with E-state index in [0.29, 0.717) is 6.61 Å². The largest absolute Gasteiger partial charge is 0.497 e. The molecule has 0 saturated heterocycles. The van der Waals surface area contributed by atoms with Gasteiger partial charge in [0.2, 0.25) is 0 Å². The highest BCUT2D eigenvalue weighted by atomic mass is 79.9. The van der Waals surface area contributed by atoms with Gasteiger partial charge in [-0.25, -0.2) is 9.48 Å². The number of halogens is 1. The molecule has 0 N–H and O–H groups in total. The average molecular weight is 401 g/mol. The van der Waals surface area contributed by atoms with Crippen molar-refractivity contribution in [1.29, 1.82) is 0 Å². The molecular formula is C19H17BrN2O3. The smallest absolute Gasteiger partial charge is 0.358 e. The predicted octanol–water partition coefficient (Wildman–Crippen LogP) is 4.49. The summed E-state index contributed by atoms with van der Waals surface area (Å²) in [5.41, 5.74) is 2.85. The molecule has 0 saturated carbocycles. The summed E-state index contributed by atoms with van der Waals surface area (Å²) in [6.45, 7) is 2.08. The first-order valence-corrected chi connectivity index (χ1v) is 8.59. The minimum atomic E-state index is -0.437. The van der Waals surface area contributed by atoms with Crippen LogP contribution >= 0.6 is 15.9 Å². The number of carbonyl (C=O) groups is 1. The van der Waals surface area contributed by atoms with E-state index in [9.17, 15) is 4.79 Å². The first-order chi connectivity index (χ1) is 12.1. The molecule has 5 nitrogen and oxygen atoms in total. The Balaban J connectivity index is 2.10. The zero-order valence-corrected chi connectivity index (χ0v) is 15.5. The van der Waals surface area contributed by atoms with Crippen LogP contribution in [0.1, 0.15) is 17.4 Å². The zero-order valence-electron chi connectivity index (χ0n) is 13.9. The number of aromatic nitrogens is 2. The molecule has 0 spiro atoms. The maximum Gasteiger partial charge on any atom is 0.358 e. The number of hydrogen-bond acceptors (Lipinski definition) is 4. The molecule has 1 heterocycles. The first kappa shape index (κ1) is 17.2. The number of hydrogen-bond donors (Lipinski definition) is 0. The van der Waals surface area contributed by atoms with E-state index in [2.05, 4.69) is 21.0 Å². The summed E-state index contributed by atoms with van der Waals surface area (Å²) in [5, 5.41) is 4.44. The Labute approximate surface area is 154 Å². The summed E-state index contributed by atoms with van der Waals surface area (Å²) in [6, 6.07) is 17.1. The van der Waals surface area contributed by atoms with E-state index >= 15 is 0 Å². The molecule has 0 radical (unpaired) electrons. The number of benzene rings is 2. The van der Waals surface area contributed by atoms with Gasteiger partial charge in [-0.1, -0.05) is 28.1 Å². The number of methoxy groups -OCH3 is 1. The third-order valence-electron chi connectivity index (χ3n) is 3.65. The van der Waals surface area contributed by atoms with Crippen LogP contribution in [0.5, 0.6) is 5.75 Å². The summed E-state index contributed by atoms with van der Waals surface area (Å²) >= 11 is 3.44. The molecule has 1 aromatic heterocycles. The maximum atomic E-state index is 12.1. The molecule has 0 aliphatic heterocycles. The van der Waals surface area contributed by atoms with E-state index < -0.39 is 5.97 Å². The van der Waals surface area contributed by atoms with Crippen molar-refractivity contribution >= 4 is 21.9 Å². The molecule has 0 aliphatic carbocycles. The monoisotopic (exact) mass is 400 g/mol. The second kappa shape index (κ2) is 7.53. The fraction of sp³-hybridized carbons (Fsp3) is 0.158. The van der Waals surface area contributed by atoms with E-state index in [1.807, 2.05) is 48.5 Å². The van der Waals surface area contributed by atoms with Crippen molar-refractivity contribution in [3.63, 3.8) is 0 Å². The lowest BCUT2D eigenvalue weighted by Crippen LogP contribution is -2.06. The Bertz CT molecular complexity index is 871.